The molecule has 8 heteroatoms. The number of carbonyl (C=O) groups excluding carboxylic acids is 2. The normalized spacial score (nSPS) is 10.6. The number of hydrogen-bond acceptors (Lipinski definition) is 5. The third-order valence-corrected chi connectivity index (χ3v) is 3.88. The van der Waals surface area contributed by atoms with Gasteiger partial charge in [-0.05, 0) is 42.8 Å². The molecule has 0 spiro atoms. The van der Waals surface area contributed by atoms with E-state index < -0.39 is 24.2 Å². The molecule has 0 fully saturated rings. The van der Waals surface area contributed by atoms with Crippen LogP contribution in [0, 0.1) is 6.92 Å². The van der Waals surface area contributed by atoms with Crippen LogP contribution in [0.3, 0.4) is 0 Å². The lowest BCUT2D eigenvalue weighted by molar-refractivity contribution is -0.119. The lowest BCUT2D eigenvalue weighted by atomic mass is 10.1. The summed E-state index contributed by atoms with van der Waals surface area (Å²) in [5.41, 5.74) is 0.875. The molecule has 0 aliphatic heterocycles. The van der Waals surface area contributed by atoms with Gasteiger partial charge in [-0.1, -0.05) is 23.9 Å². The summed E-state index contributed by atoms with van der Waals surface area (Å²) in [6.07, 6.45) is 0. The van der Waals surface area contributed by atoms with Gasteiger partial charge >= 0.3 is 5.97 Å². The Morgan fingerprint density at radius 3 is 2.52 bits per heavy atom. The number of anilines is 1. The van der Waals surface area contributed by atoms with Crippen molar-refractivity contribution in [1.82, 2.24) is 0 Å². The van der Waals surface area contributed by atoms with Crippen LogP contribution in [-0.4, -0.2) is 29.3 Å². The summed E-state index contributed by atoms with van der Waals surface area (Å²) in [6.45, 7) is 1.09. The topological polar surface area (TPSA) is 75.6 Å². The van der Waals surface area contributed by atoms with Crippen molar-refractivity contribution in [2.24, 2.45) is 0 Å². The number of rotatable bonds is 6. The molecule has 0 aliphatic rings. The monoisotopic (exact) mass is 367 g/mol. The predicted molar refractivity (Wildman–Crippen MR) is 90.1 cm³/mol. The van der Waals surface area contributed by atoms with E-state index in [0.717, 1.165) is 0 Å². The zero-order valence-electron chi connectivity index (χ0n) is 13.2. The van der Waals surface area contributed by atoms with Gasteiger partial charge in [-0.2, -0.15) is 8.78 Å². The molecule has 0 aromatic heterocycles. The Morgan fingerprint density at radius 1 is 1.20 bits per heavy atom. The number of ether oxygens (including phenoxy) is 1. The number of phenols is 1. The summed E-state index contributed by atoms with van der Waals surface area (Å²) in [6, 6.07) is 10.4. The number of aromatic hydroxyl groups is 1. The number of hydrogen-bond donors (Lipinski definition) is 2. The molecular weight excluding hydrogens is 352 g/mol. The fourth-order valence-electron chi connectivity index (χ4n) is 1.95. The Bertz CT molecular complexity index is 766. The van der Waals surface area contributed by atoms with E-state index in [1.807, 2.05) is 0 Å². The average molecular weight is 367 g/mol. The Morgan fingerprint density at radius 2 is 1.88 bits per heavy atom. The second kappa shape index (κ2) is 8.48. The number of thioether (sulfide) groups is 1. The molecule has 132 valence electrons. The Labute approximate surface area is 147 Å². The summed E-state index contributed by atoms with van der Waals surface area (Å²) in [5, 5.41) is 12.3. The van der Waals surface area contributed by atoms with Crippen LogP contribution in [0.25, 0.3) is 0 Å². The molecule has 2 N–H and O–H groups in total. The maximum absolute atomic E-state index is 12.2. The van der Waals surface area contributed by atoms with Gasteiger partial charge in [0.25, 0.3) is 11.7 Å². The molecule has 2 rings (SSSR count). The molecule has 2 aromatic carbocycles. The minimum Gasteiger partial charge on any atom is -0.507 e. The van der Waals surface area contributed by atoms with E-state index in [4.69, 9.17) is 4.74 Å². The molecule has 25 heavy (non-hydrogen) atoms. The molecule has 0 unspecified atom stereocenters. The van der Waals surface area contributed by atoms with Crippen LogP contribution in [0.1, 0.15) is 15.9 Å². The minimum absolute atomic E-state index is 0.0267. The number of amides is 1. The number of alkyl halides is 2. The van der Waals surface area contributed by atoms with Gasteiger partial charge in [0, 0.05) is 10.6 Å². The van der Waals surface area contributed by atoms with Gasteiger partial charge in [-0.3, -0.25) is 4.79 Å². The fourth-order valence-corrected chi connectivity index (χ4v) is 2.45. The van der Waals surface area contributed by atoms with E-state index >= 15 is 0 Å². The standard InChI is InChI=1S/C17H15F2NO4S/c1-10-3-2-4-13(15(10)22)16(23)24-9-14(21)20-11-5-7-12(8-6-11)25-17(18)19/h2-8,17,22H,9H2,1H3,(H,20,21). The van der Waals surface area contributed by atoms with Crippen LogP contribution in [0.2, 0.25) is 0 Å². The van der Waals surface area contributed by atoms with Gasteiger partial charge in [-0.15, -0.1) is 0 Å². The highest BCUT2D eigenvalue weighted by Crippen LogP contribution is 2.26. The van der Waals surface area contributed by atoms with Gasteiger partial charge in [-0.25, -0.2) is 4.79 Å². The van der Waals surface area contributed by atoms with Crippen molar-refractivity contribution in [2.75, 3.05) is 11.9 Å². The maximum Gasteiger partial charge on any atom is 0.342 e. The van der Waals surface area contributed by atoms with Crippen molar-refractivity contribution < 1.29 is 28.2 Å². The van der Waals surface area contributed by atoms with E-state index in [-0.39, 0.29) is 11.3 Å². The third-order valence-electron chi connectivity index (χ3n) is 3.16. The van der Waals surface area contributed by atoms with Crippen molar-refractivity contribution in [3.8, 4) is 5.75 Å². The fraction of sp³-hybridized carbons (Fsp3) is 0.176. The molecule has 0 saturated heterocycles. The maximum atomic E-state index is 12.2. The Balaban J connectivity index is 1.88. The lowest BCUT2D eigenvalue weighted by Crippen LogP contribution is -2.21. The molecule has 1 amide bonds. The first-order valence-electron chi connectivity index (χ1n) is 7.17. The minimum atomic E-state index is -2.52. The number of aryl methyl sites for hydroxylation is 1. The zero-order valence-corrected chi connectivity index (χ0v) is 14.0. The van der Waals surface area contributed by atoms with Crippen LogP contribution in [0.4, 0.5) is 14.5 Å². The molecule has 0 saturated carbocycles. The second-order valence-electron chi connectivity index (χ2n) is 5.00. The average Bonchev–Trinajstić information content (AvgIpc) is 2.56. The molecule has 0 radical (unpaired) electrons. The Hall–Kier alpha value is -2.61. The van der Waals surface area contributed by atoms with Crippen LogP contribution in [0.15, 0.2) is 47.4 Å². The van der Waals surface area contributed by atoms with Crippen molar-refractivity contribution in [2.45, 2.75) is 17.6 Å². The second-order valence-corrected chi connectivity index (χ2v) is 6.06. The van der Waals surface area contributed by atoms with E-state index in [1.54, 1.807) is 19.1 Å². The first kappa shape index (κ1) is 18.7. The number of halogens is 2. The van der Waals surface area contributed by atoms with E-state index in [0.29, 0.717) is 27.9 Å². The number of nitrogens with one attached hydrogen (secondary N) is 1. The van der Waals surface area contributed by atoms with Gasteiger partial charge in [0.05, 0.1) is 0 Å². The van der Waals surface area contributed by atoms with Crippen molar-refractivity contribution >= 4 is 29.3 Å². The lowest BCUT2D eigenvalue weighted by Gasteiger charge is -2.09. The summed E-state index contributed by atoms with van der Waals surface area (Å²) in [4.78, 5) is 24.0. The quantitative estimate of drug-likeness (QED) is 0.600. The molecule has 0 bridgehead atoms. The van der Waals surface area contributed by atoms with Crippen LogP contribution in [-0.2, 0) is 9.53 Å². The van der Waals surface area contributed by atoms with Crippen molar-refractivity contribution in [3.63, 3.8) is 0 Å². The first-order chi connectivity index (χ1) is 11.9. The molecule has 2 aromatic rings. The van der Waals surface area contributed by atoms with Gasteiger partial charge in [0.2, 0.25) is 0 Å². The highest BCUT2D eigenvalue weighted by atomic mass is 32.2. The predicted octanol–water partition coefficient (Wildman–Crippen LogP) is 3.81. The third kappa shape index (κ3) is 5.46. The van der Waals surface area contributed by atoms with E-state index in [9.17, 15) is 23.5 Å². The van der Waals surface area contributed by atoms with Gasteiger partial charge < -0.3 is 15.2 Å². The summed E-state index contributed by atoms with van der Waals surface area (Å²) in [7, 11) is 0. The van der Waals surface area contributed by atoms with Crippen molar-refractivity contribution in [3.05, 3.63) is 53.6 Å². The summed E-state index contributed by atoms with van der Waals surface area (Å²) >= 11 is 0.401. The number of phenolic OH excluding ortho intramolecular Hbond substituents is 1. The number of carbonyl (C=O) groups is 2. The number of benzene rings is 2. The van der Waals surface area contributed by atoms with Gasteiger partial charge in [0.1, 0.15) is 11.3 Å². The van der Waals surface area contributed by atoms with E-state index in [1.165, 1.54) is 30.3 Å². The van der Waals surface area contributed by atoms with Crippen LogP contribution >= 0.6 is 11.8 Å². The van der Waals surface area contributed by atoms with Gasteiger partial charge in [0.15, 0.2) is 6.61 Å². The highest BCUT2D eigenvalue weighted by molar-refractivity contribution is 7.99. The summed E-state index contributed by atoms with van der Waals surface area (Å²) < 4.78 is 29.3. The smallest absolute Gasteiger partial charge is 0.342 e. The van der Waals surface area contributed by atoms with Crippen LogP contribution in [0.5, 0.6) is 5.75 Å². The van der Waals surface area contributed by atoms with Crippen molar-refractivity contribution in [1.29, 1.82) is 0 Å². The molecule has 0 atom stereocenters. The highest BCUT2D eigenvalue weighted by Gasteiger charge is 2.15. The largest absolute Gasteiger partial charge is 0.507 e. The first-order valence-corrected chi connectivity index (χ1v) is 8.05. The Kier molecular flexibility index (Phi) is 6.35. The zero-order chi connectivity index (χ0) is 18.4. The number of para-hydroxylation sites is 1. The SMILES string of the molecule is Cc1cccc(C(=O)OCC(=O)Nc2ccc(SC(F)F)cc2)c1O. The molecule has 0 heterocycles. The van der Waals surface area contributed by atoms with E-state index in [2.05, 4.69) is 5.32 Å². The molecular formula is C17H15F2NO4S. The van der Waals surface area contributed by atoms with Crippen LogP contribution < -0.4 is 5.32 Å². The summed E-state index contributed by atoms with van der Waals surface area (Å²) in [5.74, 6) is -4.12. The molecule has 0 aliphatic carbocycles. The molecule has 5 nitrogen and oxygen atoms in total. The number of esters is 1.